The first-order valence-corrected chi connectivity index (χ1v) is 11.9. The van der Waals surface area contributed by atoms with Gasteiger partial charge in [0.2, 0.25) is 0 Å². The van der Waals surface area contributed by atoms with E-state index in [0.29, 0.717) is 11.4 Å². The van der Waals surface area contributed by atoms with E-state index in [1.807, 2.05) is 37.1 Å². The summed E-state index contributed by atoms with van der Waals surface area (Å²) in [6.45, 7) is 5.43. The smallest absolute Gasteiger partial charge is 0.291 e. The van der Waals surface area contributed by atoms with Gasteiger partial charge in [-0.15, -0.1) is 12.4 Å². The van der Waals surface area contributed by atoms with Crippen LogP contribution in [0.15, 0.2) is 42.5 Å². The second kappa shape index (κ2) is 9.23. The zero-order valence-electron chi connectivity index (χ0n) is 18.4. The Morgan fingerprint density at radius 3 is 2.55 bits per heavy atom. The lowest BCUT2D eigenvalue weighted by Gasteiger charge is -2.38. The van der Waals surface area contributed by atoms with Crippen molar-refractivity contribution in [3.63, 3.8) is 0 Å². The van der Waals surface area contributed by atoms with E-state index in [4.69, 9.17) is 4.74 Å². The summed E-state index contributed by atoms with van der Waals surface area (Å²) in [5, 5.41) is 11.2. The number of piperidine rings is 1. The maximum Gasteiger partial charge on any atom is 0.291 e. The molecule has 5 rings (SSSR count). The van der Waals surface area contributed by atoms with Crippen LogP contribution in [-0.4, -0.2) is 34.2 Å². The second-order valence-corrected chi connectivity index (χ2v) is 9.93. The van der Waals surface area contributed by atoms with Crippen LogP contribution in [0.4, 0.5) is 10.1 Å². The van der Waals surface area contributed by atoms with Gasteiger partial charge >= 0.3 is 0 Å². The number of hydrogen-bond donors (Lipinski definition) is 1. The average Bonchev–Trinajstić information content (AvgIpc) is 3.22. The van der Waals surface area contributed by atoms with Crippen LogP contribution in [-0.2, 0) is 5.60 Å². The molecular weight excluding hydrogens is 558 g/mol. The lowest BCUT2D eigenvalue weighted by atomic mass is 9.89. The Bertz CT molecular complexity index is 1180. The molecule has 0 aliphatic carbocycles. The van der Waals surface area contributed by atoms with E-state index in [1.165, 1.54) is 12.1 Å². The third kappa shape index (κ3) is 4.36. The summed E-state index contributed by atoms with van der Waals surface area (Å²) in [5.41, 5.74) is 2.60. The molecule has 1 N–H and O–H groups in total. The summed E-state index contributed by atoms with van der Waals surface area (Å²) in [4.78, 5) is 14.0. The predicted octanol–water partition coefficient (Wildman–Crippen LogP) is 5.92. The summed E-state index contributed by atoms with van der Waals surface area (Å²) in [6.07, 6.45) is 3.15. The summed E-state index contributed by atoms with van der Waals surface area (Å²) in [7, 11) is 0. The molecule has 1 aromatic heterocycles. The minimum atomic E-state index is -0.749. The molecule has 6 nitrogen and oxygen atoms in total. The number of nitrogens with zero attached hydrogens (tertiary/aromatic N) is 3. The fourth-order valence-electron chi connectivity index (χ4n) is 4.55. The first-order valence-electron chi connectivity index (χ1n) is 10.8. The summed E-state index contributed by atoms with van der Waals surface area (Å²) < 4.78 is 21.0. The van der Waals surface area contributed by atoms with Crippen molar-refractivity contribution in [2.75, 3.05) is 18.1 Å². The number of halogens is 3. The zero-order valence-corrected chi connectivity index (χ0v) is 21.4. The molecule has 3 aromatic rings. The molecule has 9 heteroatoms. The maximum absolute atomic E-state index is 14.0. The number of benzene rings is 2. The van der Waals surface area contributed by atoms with E-state index in [2.05, 4.69) is 32.8 Å². The number of amides is 1. The number of anilines is 1. The van der Waals surface area contributed by atoms with Gasteiger partial charge in [-0.2, -0.15) is 5.10 Å². The Hall–Kier alpha value is -2.17. The van der Waals surface area contributed by atoms with Gasteiger partial charge < -0.3 is 4.74 Å². The largest absolute Gasteiger partial charge is 0.482 e. The van der Waals surface area contributed by atoms with E-state index in [9.17, 15) is 9.18 Å². The van der Waals surface area contributed by atoms with Gasteiger partial charge in [-0.1, -0.05) is 6.42 Å². The fraction of sp³-hybridized carbons (Fsp3) is 0.333. The van der Waals surface area contributed by atoms with Crippen LogP contribution in [0.25, 0.3) is 11.3 Å². The first kappa shape index (κ1) is 24.0. The topological polar surface area (TPSA) is 61.5 Å². The van der Waals surface area contributed by atoms with E-state index in [0.717, 1.165) is 58.5 Å². The molecule has 0 unspecified atom stereocenters. The number of aromatic amines is 1. The van der Waals surface area contributed by atoms with Crippen molar-refractivity contribution < 1.29 is 13.9 Å². The molecule has 33 heavy (non-hydrogen) atoms. The number of H-pyrrole nitrogens is 1. The highest BCUT2D eigenvalue weighted by atomic mass is 127. The third-order valence-electron chi connectivity index (χ3n) is 6.02. The molecule has 1 amide bonds. The monoisotopic (exact) mass is 582 g/mol. The molecular formula is C24H25ClFIN4O2. The maximum atomic E-state index is 14.0. The van der Waals surface area contributed by atoms with E-state index in [1.54, 1.807) is 17.1 Å². The van der Waals surface area contributed by atoms with Crippen LogP contribution in [0.2, 0.25) is 0 Å². The summed E-state index contributed by atoms with van der Waals surface area (Å²) in [5.74, 6) is 0.198. The van der Waals surface area contributed by atoms with Crippen LogP contribution in [0, 0.1) is 9.39 Å². The molecule has 0 saturated carbocycles. The highest BCUT2D eigenvalue weighted by molar-refractivity contribution is 14.1. The van der Waals surface area contributed by atoms with Crippen molar-refractivity contribution in [3.8, 4) is 17.0 Å². The number of ether oxygens (including phenoxy) is 1. The molecule has 2 aliphatic heterocycles. The van der Waals surface area contributed by atoms with Crippen LogP contribution in [0.5, 0.6) is 5.75 Å². The number of carbonyl (C=O) groups excluding carboxylic acids is 1. The zero-order chi connectivity index (χ0) is 22.5. The molecule has 2 aliphatic rings. The molecule has 0 spiro atoms. The average molecular weight is 583 g/mol. The molecule has 1 fully saturated rings. The number of hydrogen-bond acceptors (Lipinski definition) is 4. The van der Waals surface area contributed by atoms with Crippen LogP contribution in [0.3, 0.4) is 0 Å². The highest BCUT2D eigenvalue weighted by Gasteiger charge is 2.41. The van der Waals surface area contributed by atoms with Gasteiger partial charge in [0.1, 0.15) is 28.6 Å². The van der Waals surface area contributed by atoms with Crippen molar-refractivity contribution in [3.05, 3.63) is 63.1 Å². The van der Waals surface area contributed by atoms with Crippen molar-refractivity contribution in [2.45, 2.75) is 38.7 Å². The van der Waals surface area contributed by atoms with Gasteiger partial charge in [0, 0.05) is 22.2 Å². The van der Waals surface area contributed by atoms with Gasteiger partial charge in [0.25, 0.3) is 5.91 Å². The van der Waals surface area contributed by atoms with Crippen molar-refractivity contribution >= 4 is 46.6 Å². The SMILES string of the molecule is CC1(C)Oc2cc(I)ccc2-c2n[nH]c(C(=O)N(c3ccc(F)cc3)N3CCCCC3)c21.Cl. The first-order chi connectivity index (χ1) is 15.3. The van der Waals surface area contributed by atoms with Gasteiger partial charge in [-0.05, 0) is 91.7 Å². The fourth-order valence-corrected chi connectivity index (χ4v) is 5.02. The Kier molecular flexibility index (Phi) is 6.70. The van der Waals surface area contributed by atoms with Crippen LogP contribution in [0.1, 0.15) is 49.2 Å². The number of nitrogens with one attached hydrogen (secondary N) is 1. The standard InChI is InChI=1S/C24H24FIN4O2.ClH/c1-24(2)20-21(18-11-8-16(26)14-19(18)32-24)27-28-22(20)23(31)30(29-12-4-3-5-13-29)17-9-6-15(25)7-10-17;/h6-11,14H,3-5,12-13H2,1-2H3,(H,27,28);1H. The van der Waals surface area contributed by atoms with Gasteiger partial charge in [-0.3, -0.25) is 9.89 Å². The lowest BCUT2D eigenvalue weighted by molar-refractivity contribution is 0.0832. The molecule has 0 radical (unpaired) electrons. The number of aromatic nitrogens is 2. The third-order valence-corrected chi connectivity index (χ3v) is 6.70. The van der Waals surface area contributed by atoms with Gasteiger partial charge in [-0.25, -0.2) is 14.4 Å². The van der Waals surface area contributed by atoms with Gasteiger partial charge in [0.05, 0.1) is 11.3 Å². The molecule has 0 bridgehead atoms. The Balaban J connectivity index is 0.00000259. The van der Waals surface area contributed by atoms with Crippen molar-refractivity contribution in [1.82, 2.24) is 15.2 Å². The van der Waals surface area contributed by atoms with E-state index >= 15 is 0 Å². The molecule has 1 saturated heterocycles. The Morgan fingerprint density at radius 2 is 1.85 bits per heavy atom. The number of rotatable bonds is 3. The minimum absolute atomic E-state index is 0. The van der Waals surface area contributed by atoms with Crippen molar-refractivity contribution in [1.29, 1.82) is 0 Å². The Morgan fingerprint density at radius 1 is 1.15 bits per heavy atom. The lowest BCUT2D eigenvalue weighted by Crippen LogP contribution is -2.50. The van der Waals surface area contributed by atoms with E-state index < -0.39 is 5.60 Å². The minimum Gasteiger partial charge on any atom is -0.482 e. The molecule has 2 aromatic carbocycles. The quantitative estimate of drug-likeness (QED) is 0.390. The Labute approximate surface area is 212 Å². The number of carbonyl (C=O) groups is 1. The number of fused-ring (bicyclic) bond motifs is 3. The summed E-state index contributed by atoms with van der Waals surface area (Å²) >= 11 is 2.25. The van der Waals surface area contributed by atoms with Crippen LogP contribution >= 0.6 is 35.0 Å². The molecule has 0 atom stereocenters. The highest BCUT2D eigenvalue weighted by Crippen LogP contribution is 2.46. The molecule has 174 valence electrons. The van der Waals surface area contributed by atoms with Crippen molar-refractivity contribution in [2.24, 2.45) is 0 Å². The second-order valence-electron chi connectivity index (χ2n) is 8.68. The van der Waals surface area contributed by atoms with Crippen LogP contribution < -0.4 is 9.75 Å². The number of hydrazine groups is 1. The van der Waals surface area contributed by atoms with Gasteiger partial charge in [0.15, 0.2) is 0 Å². The van der Waals surface area contributed by atoms with E-state index in [-0.39, 0.29) is 24.1 Å². The summed E-state index contributed by atoms with van der Waals surface area (Å²) in [6, 6.07) is 12.0. The normalized spacial score (nSPS) is 16.7. The molecule has 3 heterocycles. The predicted molar refractivity (Wildman–Crippen MR) is 136 cm³/mol.